The molecule has 1 amide bonds. The van der Waals surface area contributed by atoms with Gasteiger partial charge in [-0.1, -0.05) is 12.1 Å². The van der Waals surface area contributed by atoms with E-state index in [1.54, 1.807) is 43.9 Å². The van der Waals surface area contributed by atoms with Gasteiger partial charge in [-0.25, -0.2) is 9.78 Å². The Morgan fingerprint density at radius 3 is 2.54 bits per heavy atom. The second-order valence-corrected chi connectivity index (χ2v) is 7.58. The summed E-state index contributed by atoms with van der Waals surface area (Å²) < 4.78 is 47.7. The van der Waals surface area contributed by atoms with Gasteiger partial charge in [0.15, 0.2) is 6.61 Å². The van der Waals surface area contributed by atoms with Crippen LogP contribution in [0.4, 0.5) is 18.0 Å². The third-order valence-electron chi connectivity index (χ3n) is 4.04. The number of fused-ring (bicyclic) bond motifs is 1. The van der Waals surface area contributed by atoms with E-state index >= 15 is 0 Å². The first-order chi connectivity index (χ1) is 13.0. The zero-order valence-corrected chi connectivity index (χ0v) is 15.8. The van der Waals surface area contributed by atoms with Gasteiger partial charge < -0.3 is 9.47 Å². The van der Waals surface area contributed by atoms with Crippen LogP contribution in [-0.2, 0) is 17.8 Å². The third kappa shape index (κ3) is 4.94. The lowest BCUT2D eigenvalue weighted by Crippen LogP contribution is -2.33. The quantitative estimate of drug-likeness (QED) is 0.740. The second-order valence-electron chi connectivity index (χ2n) is 7.58. The predicted octanol–water partition coefficient (Wildman–Crippen LogP) is 4.94. The van der Waals surface area contributed by atoms with Gasteiger partial charge in [0.2, 0.25) is 5.88 Å². The van der Waals surface area contributed by atoms with Crippen LogP contribution in [0.3, 0.4) is 0 Å². The average Bonchev–Trinajstić information content (AvgIpc) is 3.01. The number of hydrogen-bond donors (Lipinski definition) is 0. The van der Waals surface area contributed by atoms with Gasteiger partial charge in [-0.05, 0) is 55.7 Å². The monoisotopic (exact) mass is 394 g/mol. The molecule has 8 heteroatoms. The Morgan fingerprint density at radius 2 is 1.86 bits per heavy atom. The van der Waals surface area contributed by atoms with Crippen LogP contribution in [0.5, 0.6) is 5.88 Å². The van der Waals surface area contributed by atoms with Crippen LogP contribution >= 0.6 is 0 Å². The lowest BCUT2D eigenvalue weighted by atomic mass is 10.0. The highest BCUT2D eigenvalue weighted by molar-refractivity contribution is 5.72. The number of nitrogens with zero attached hydrogens (tertiary/aromatic N) is 2. The number of alkyl halides is 3. The highest BCUT2D eigenvalue weighted by atomic mass is 19.4. The molecule has 1 aromatic carbocycles. The molecule has 1 aromatic heterocycles. The molecule has 5 nitrogen and oxygen atoms in total. The first kappa shape index (κ1) is 20.0. The van der Waals surface area contributed by atoms with Gasteiger partial charge in [0.25, 0.3) is 0 Å². The first-order valence-corrected chi connectivity index (χ1v) is 8.76. The predicted molar refractivity (Wildman–Crippen MR) is 96.7 cm³/mol. The first-order valence-electron chi connectivity index (χ1n) is 8.76. The largest absolute Gasteiger partial charge is 0.468 e. The van der Waals surface area contributed by atoms with Crippen molar-refractivity contribution < 1.29 is 27.4 Å². The van der Waals surface area contributed by atoms with Crippen LogP contribution in [-0.4, -0.2) is 34.4 Å². The molecule has 0 saturated heterocycles. The van der Waals surface area contributed by atoms with E-state index in [0.29, 0.717) is 24.2 Å². The van der Waals surface area contributed by atoms with Crippen molar-refractivity contribution in [3.8, 4) is 17.0 Å². The van der Waals surface area contributed by atoms with E-state index in [9.17, 15) is 18.0 Å². The summed E-state index contributed by atoms with van der Waals surface area (Å²) in [5, 5.41) is 0. The number of ether oxygens (including phenoxy) is 2. The van der Waals surface area contributed by atoms with Gasteiger partial charge in [0.1, 0.15) is 5.60 Å². The van der Waals surface area contributed by atoms with Crippen LogP contribution in [0, 0.1) is 0 Å². The number of aromatic nitrogens is 1. The number of pyridine rings is 1. The summed E-state index contributed by atoms with van der Waals surface area (Å²) in [6.07, 6.45) is -3.46. The fourth-order valence-corrected chi connectivity index (χ4v) is 2.89. The summed E-state index contributed by atoms with van der Waals surface area (Å²) in [5.74, 6) is -0.0817. The molecule has 0 atom stereocenters. The van der Waals surface area contributed by atoms with Crippen molar-refractivity contribution in [1.82, 2.24) is 9.88 Å². The van der Waals surface area contributed by atoms with Crippen LogP contribution in [0.1, 0.15) is 31.9 Å². The molecule has 0 saturated carbocycles. The maximum absolute atomic E-state index is 12.5. The number of carbonyl (C=O) groups excluding carboxylic acids is 1. The fourth-order valence-electron chi connectivity index (χ4n) is 2.89. The SMILES string of the molecule is CC(C)(C)OC(=O)N1Cc2ccc(-c3cccnc3OCC(F)(F)F)cc2C1. The summed E-state index contributed by atoms with van der Waals surface area (Å²) in [6, 6.07) is 8.78. The van der Waals surface area contributed by atoms with Crippen molar-refractivity contribution in [2.45, 2.75) is 45.6 Å². The van der Waals surface area contributed by atoms with Crippen LogP contribution < -0.4 is 4.74 Å². The molecular formula is C20H21F3N2O3. The third-order valence-corrected chi connectivity index (χ3v) is 4.04. The molecule has 0 N–H and O–H groups in total. The Hall–Kier alpha value is -2.77. The fraction of sp³-hybridized carbons (Fsp3) is 0.400. The molecule has 150 valence electrons. The Balaban J connectivity index is 1.80. The number of benzene rings is 1. The van der Waals surface area contributed by atoms with Crippen LogP contribution in [0.2, 0.25) is 0 Å². The van der Waals surface area contributed by atoms with E-state index in [4.69, 9.17) is 9.47 Å². The Bertz CT molecular complexity index is 876. The number of amides is 1. The lowest BCUT2D eigenvalue weighted by Gasteiger charge is -2.24. The van der Waals surface area contributed by atoms with Gasteiger partial charge in [-0.3, -0.25) is 4.90 Å². The van der Waals surface area contributed by atoms with Crippen molar-refractivity contribution in [2.24, 2.45) is 0 Å². The summed E-state index contributed by atoms with van der Waals surface area (Å²) in [6.45, 7) is 4.80. The van der Waals surface area contributed by atoms with Crippen molar-refractivity contribution in [3.63, 3.8) is 0 Å². The van der Waals surface area contributed by atoms with E-state index in [0.717, 1.165) is 11.1 Å². The molecule has 0 aliphatic carbocycles. The summed E-state index contributed by atoms with van der Waals surface area (Å²) >= 11 is 0. The molecule has 1 aliphatic rings. The minimum absolute atomic E-state index is 0.0817. The van der Waals surface area contributed by atoms with Crippen molar-refractivity contribution in [2.75, 3.05) is 6.61 Å². The average molecular weight is 394 g/mol. The molecule has 2 aromatic rings. The number of hydrogen-bond acceptors (Lipinski definition) is 4. The van der Waals surface area contributed by atoms with Gasteiger partial charge in [0, 0.05) is 24.8 Å². The zero-order valence-electron chi connectivity index (χ0n) is 15.8. The maximum atomic E-state index is 12.5. The van der Waals surface area contributed by atoms with Gasteiger partial charge in [0.05, 0.1) is 0 Å². The lowest BCUT2D eigenvalue weighted by molar-refractivity contribution is -0.154. The second kappa shape index (κ2) is 7.33. The number of halogens is 3. The van der Waals surface area contributed by atoms with Crippen LogP contribution in [0.15, 0.2) is 36.5 Å². The highest BCUT2D eigenvalue weighted by Gasteiger charge is 2.30. The van der Waals surface area contributed by atoms with Gasteiger partial charge >= 0.3 is 12.3 Å². The molecule has 28 heavy (non-hydrogen) atoms. The smallest absolute Gasteiger partial charge is 0.422 e. The number of rotatable bonds is 3. The molecule has 0 unspecified atom stereocenters. The minimum Gasteiger partial charge on any atom is -0.468 e. The van der Waals surface area contributed by atoms with Crippen molar-refractivity contribution in [1.29, 1.82) is 0 Å². The summed E-state index contributed by atoms with van der Waals surface area (Å²) in [5.41, 5.74) is 2.43. The Morgan fingerprint density at radius 1 is 1.14 bits per heavy atom. The van der Waals surface area contributed by atoms with E-state index in [1.165, 1.54) is 6.20 Å². The van der Waals surface area contributed by atoms with Crippen molar-refractivity contribution >= 4 is 6.09 Å². The molecule has 0 radical (unpaired) electrons. The van der Waals surface area contributed by atoms with E-state index in [-0.39, 0.29) is 5.88 Å². The number of carbonyl (C=O) groups is 1. The highest BCUT2D eigenvalue weighted by Crippen LogP contribution is 2.33. The standard InChI is InChI=1S/C20H21F3N2O3/c1-19(2,3)28-18(26)25-10-14-7-6-13(9-15(14)11-25)16-5-4-8-24-17(16)27-12-20(21,22)23/h4-9H,10-12H2,1-3H3. The topological polar surface area (TPSA) is 51.7 Å². The van der Waals surface area contributed by atoms with E-state index in [1.807, 2.05) is 12.1 Å². The Labute approximate surface area is 161 Å². The normalized spacial score (nSPS) is 14.0. The van der Waals surface area contributed by atoms with E-state index < -0.39 is 24.5 Å². The molecule has 0 bridgehead atoms. The molecule has 1 aliphatic heterocycles. The molecule has 0 spiro atoms. The van der Waals surface area contributed by atoms with Gasteiger partial charge in [-0.15, -0.1) is 0 Å². The minimum atomic E-state index is -4.44. The summed E-state index contributed by atoms with van der Waals surface area (Å²) in [4.78, 5) is 17.8. The van der Waals surface area contributed by atoms with Crippen molar-refractivity contribution in [3.05, 3.63) is 47.7 Å². The zero-order chi connectivity index (χ0) is 20.5. The molecule has 2 heterocycles. The summed E-state index contributed by atoms with van der Waals surface area (Å²) in [7, 11) is 0. The molecule has 0 fully saturated rings. The van der Waals surface area contributed by atoms with E-state index in [2.05, 4.69) is 4.98 Å². The van der Waals surface area contributed by atoms with Crippen LogP contribution in [0.25, 0.3) is 11.1 Å². The molecular weight excluding hydrogens is 373 g/mol. The Kier molecular flexibility index (Phi) is 5.23. The molecule has 3 rings (SSSR count). The van der Waals surface area contributed by atoms with Gasteiger partial charge in [-0.2, -0.15) is 13.2 Å². The maximum Gasteiger partial charge on any atom is 0.422 e.